The van der Waals surface area contributed by atoms with Crippen LogP contribution in [-0.4, -0.2) is 51.7 Å². The van der Waals surface area contributed by atoms with Crippen molar-refractivity contribution in [2.45, 2.75) is 19.4 Å². The van der Waals surface area contributed by atoms with Gasteiger partial charge in [-0.15, -0.1) is 0 Å². The maximum absolute atomic E-state index is 11.4. The number of methoxy groups -OCH3 is 1. The van der Waals surface area contributed by atoms with Gasteiger partial charge in [0.25, 0.3) is 0 Å². The monoisotopic (exact) mass is 231 g/mol. The Bertz CT molecular complexity index is 221. The average molecular weight is 231 g/mol. The van der Waals surface area contributed by atoms with E-state index in [0.29, 0.717) is 26.1 Å². The van der Waals surface area contributed by atoms with E-state index in [1.54, 1.807) is 21.1 Å². The lowest BCUT2D eigenvalue weighted by molar-refractivity contribution is -0.124. The van der Waals surface area contributed by atoms with Crippen LogP contribution in [0.1, 0.15) is 13.3 Å². The highest BCUT2D eigenvalue weighted by molar-refractivity contribution is 5.81. The van der Waals surface area contributed by atoms with Gasteiger partial charge in [-0.25, -0.2) is 0 Å². The van der Waals surface area contributed by atoms with Crippen LogP contribution in [0.4, 0.5) is 0 Å². The zero-order valence-corrected chi connectivity index (χ0v) is 10.1. The van der Waals surface area contributed by atoms with Crippen molar-refractivity contribution in [3.8, 4) is 0 Å². The van der Waals surface area contributed by atoms with Crippen molar-refractivity contribution in [2.75, 3.05) is 33.9 Å². The largest absolute Gasteiger partial charge is 0.383 e. The summed E-state index contributed by atoms with van der Waals surface area (Å²) >= 11 is 0. The lowest BCUT2D eigenvalue weighted by Gasteiger charge is -2.13. The Kier molecular flexibility index (Phi) is 8.46. The van der Waals surface area contributed by atoms with Crippen molar-refractivity contribution in [1.29, 1.82) is 0 Å². The van der Waals surface area contributed by atoms with Gasteiger partial charge in [0.2, 0.25) is 11.8 Å². The van der Waals surface area contributed by atoms with Crippen LogP contribution in [0, 0.1) is 0 Å². The quantitative estimate of drug-likeness (QED) is 0.462. The van der Waals surface area contributed by atoms with E-state index in [0.717, 1.165) is 0 Å². The van der Waals surface area contributed by atoms with Crippen molar-refractivity contribution in [3.63, 3.8) is 0 Å². The molecule has 94 valence electrons. The number of hydrogen-bond donors (Lipinski definition) is 3. The van der Waals surface area contributed by atoms with Crippen LogP contribution in [0.2, 0.25) is 0 Å². The molecule has 0 aromatic heterocycles. The first-order valence-electron chi connectivity index (χ1n) is 5.32. The molecule has 0 bridgehead atoms. The minimum atomic E-state index is -0.304. The minimum absolute atomic E-state index is 0.0421. The van der Waals surface area contributed by atoms with Crippen molar-refractivity contribution >= 4 is 11.8 Å². The third-order valence-electron chi connectivity index (χ3n) is 2.08. The van der Waals surface area contributed by atoms with Crippen LogP contribution >= 0.6 is 0 Å². The number of rotatable bonds is 8. The molecule has 0 spiro atoms. The van der Waals surface area contributed by atoms with Gasteiger partial charge in [0.05, 0.1) is 12.6 Å². The number of amides is 2. The Hall–Kier alpha value is -1.14. The first-order valence-corrected chi connectivity index (χ1v) is 5.32. The Morgan fingerprint density at radius 2 is 2.00 bits per heavy atom. The highest BCUT2D eigenvalue weighted by Gasteiger charge is 2.11. The van der Waals surface area contributed by atoms with E-state index in [4.69, 9.17) is 4.74 Å². The molecule has 0 aromatic rings. The summed E-state index contributed by atoms with van der Waals surface area (Å²) in [7, 11) is 3.17. The summed E-state index contributed by atoms with van der Waals surface area (Å²) in [6.45, 7) is 3.23. The molecule has 3 N–H and O–H groups in total. The molecule has 0 aliphatic heterocycles. The highest BCUT2D eigenvalue weighted by atomic mass is 16.5. The zero-order valence-electron chi connectivity index (χ0n) is 10.1. The molecule has 0 aromatic carbocycles. The van der Waals surface area contributed by atoms with Crippen LogP contribution in [0.5, 0.6) is 0 Å². The van der Waals surface area contributed by atoms with E-state index in [-0.39, 0.29) is 17.9 Å². The first kappa shape index (κ1) is 14.9. The fourth-order valence-electron chi connectivity index (χ4n) is 1.05. The maximum atomic E-state index is 11.4. The smallest absolute Gasteiger partial charge is 0.236 e. The van der Waals surface area contributed by atoms with Gasteiger partial charge >= 0.3 is 0 Å². The van der Waals surface area contributed by atoms with Gasteiger partial charge in [-0.1, -0.05) is 0 Å². The standard InChI is InChI=1S/C10H21N3O3/c1-8(10(15)13-6-7-16-3)12-5-4-9(14)11-2/h8,12H,4-7H2,1-3H3,(H,11,14)(H,13,15). The number of nitrogens with one attached hydrogen (secondary N) is 3. The Morgan fingerprint density at radius 3 is 2.56 bits per heavy atom. The van der Waals surface area contributed by atoms with Crippen LogP contribution < -0.4 is 16.0 Å². The fourth-order valence-corrected chi connectivity index (χ4v) is 1.05. The van der Waals surface area contributed by atoms with E-state index in [9.17, 15) is 9.59 Å². The van der Waals surface area contributed by atoms with E-state index in [1.165, 1.54) is 0 Å². The van der Waals surface area contributed by atoms with Crippen LogP contribution in [0.25, 0.3) is 0 Å². The van der Waals surface area contributed by atoms with Gasteiger partial charge in [0, 0.05) is 33.7 Å². The second kappa shape index (κ2) is 9.11. The number of ether oxygens (including phenoxy) is 1. The Balaban J connectivity index is 3.58. The summed E-state index contributed by atoms with van der Waals surface area (Å²) in [6, 6.07) is -0.304. The molecule has 2 amide bonds. The highest BCUT2D eigenvalue weighted by Crippen LogP contribution is 1.84. The molecular formula is C10H21N3O3. The summed E-state index contributed by atoms with van der Waals surface area (Å²) in [4.78, 5) is 22.3. The molecule has 0 aliphatic rings. The summed E-state index contributed by atoms with van der Waals surface area (Å²) in [5.74, 6) is -0.131. The molecule has 1 unspecified atom stereocenters. The normalized spacial score (nSPS) is 11.9. The van der Waals surface area contributed by atoms with Gasteiger partial charge in [-0.3, -0.25) is 9.59 Å². The van der Waals surface area contributed by atoms with Crippen LogP contribution in [-0.2, 0) is 14.3 Å². The second-order valence-corrected chi connectivity index (χ2v) is 3.38. The van der Waals surface area contributed by atoms with E-state index in [1.807, 2.05) is 0 Å². The third-order valence-corrected chi connectivity index (χ3v) is 2.08. The molecule has 1 atom stereocenters. The third kappa shape index (κ3) is 7.19. The van der Waals surface area contributed by atoms with Crippen molar-refractivity contribution in [1.82, 2.24) is 16.0 Å². The predicted octanol–water partition coefficient (Wildman–Crippen LogP) is -1.14. The molecule has 0 radical (unpaired) electrons. The first-order chi connectivity index (χ1) is 7.61. The number of carbonyl (C=O) groups is 2. The van der Waals surface area contributed by atoms with E-state index in [2.05, 4.69) is 16.0 Å². The number of hydrogen-bond acceptors (Lipinski definition) is 4. The second-order valence-electron chi connectivity index (χ2n) is 3.38. The molecule has 0 aliphatic carbocycles. The molecular weight excluding hydrogens is 210 g/mol. The average Bonchev–Trinajstić information content (AvgIpc) is 2.28. The molecule has 0 saturated carbocycles. The SMILES string of the molecule is CNC(=O)CCNC(C)C(=O)NCCOC. The molecule has 6 nitrogen and oxygen atoms in total. The van der Waals surface area contributed by atoms with Gasteiger partial charge in [-0.2, -0.15) is 0 Å². The van der Waals surface area contributed by atoms with Gasteiger partial charge in [0.1, 0.15) is 0 Å². The zero-order chi connectivity index (χ0) is 12.4. The van der Waals surface area contributed by atoms with Crippen LogP contribution in [0.15, 0.2) is 0 Å². The summed E-state index contributed by atoms with van der Waals surface area (Å²) < 4.78 is 4.81. The predicted molar refractivity (Wildman–Crippen MR) is 61.0 cm³/mol. The van der Waals surface area contributed by atoms with Gasteiger partial charge in [0.15, 0.2) is 0 Å². The lowest BCUT2D eigenvalue weighted by Crippen LogP contribution is -2.44. The molecule has 16 heavy (non-hydrogen) atoms. The Morgan fingerprint density at radius 1 is 1.31 bits per heavy atom. The van der Waals surface area contributed by atoms with E-state index >= 15 is 0 Å². The molecule has 0 rings (SSSR count). The minimum Gasteiger partial charge on any atom is -0.383 e. The summed E-state index contributed by atoms with van der Waals surface area (Å²) in [5, 5.41) is 8.18. The fraction of sp³-hybridized carbons (Fsp3) is 0.800. The molecule has 0 saturated heterocycles. The number of carbonyl (C=O) groups excluding carboxylic acids is 2. The van der Waals surface area contributed by atoms with Crippen LogP contribution in [0.3, 0.4) is 0 Å². The molecule has 0 heterocycles. The van der Waals surface area contributed by atoms with Crippen molar-refractivity contribution in [3.05, 3.63) is 0 Å². The van der Waals surface area contributed by atoms with E-state index < -0.39 is 0 Å². The summed E-state index contributed by atoms with van der Waals surface area (Å²) in [5.41, 5.74) is 0. The van der Waals surface area contributed by atoms with Crippen molar-refractivity contribution < 1.29 is 14.3 Å². The Labute approximate surface area is 96.1 Å². The lowest BCUT2D eigenvalue weighted by atomic mass is 10.3. The maximum Gasteiger partial charge on any atom is 0.236 e. The van der Waals surface area contributed by atoms with Gasteiger partial charge in [-0.05, 0) is 6.92 Å². The summed E-state index contributed by atoms with van der Waals surface area (Å²) in [6.07, 6.45) is 0.367. The van der Waals surface area contributed by atoms with Crippen molar-refractivity contribution in [2.24, 2.45) is 0 Å². The molecule has 6 heteroatoms. The molecule has 0 fully saturated rings. The van der Waals surface area contributed by atoms with Gasteiger partial charge < -0.3 is 20.7 Å². The topological polar surface area (TPSA) is 79.5 Å².